The van der Waals surface area contributed by atoms with Crippen LogP contribution in [0, 0.1) is 5.92 Å². The number of piperidine rings is 1. The van der Waals surface area contributed by atoms with Gasteiger partial charge in [0.25, 0.3) is 0 Å². The van der Waals surface area contributed by atoms with Gasteiger partial charge in [0.2, 0.25) is 11.7 Å². The molecule has 2 aromatic rings. The Bertz CT molecular complexity index is 706. The van der Waals surface area contributed by atoms with Crippen molar-refractivity contribution >= 4 is 5.91 Å². The maximum absolute atomic E-state index is 12.2. The Balaban J connectivity index is 1.26. The van der Waals surface area contributed by atoms with E-state index in [1.54, 1.807) is 6.26 Å². The van der Waals surface area contributed by atoms with Crippen LogP contribution in [0.2, 0.25) is 0 Å². The van der Waals surface area contributed by atoms with Crippen molar-refractivity contribution in [3.05, 3.63) is 30.2 Å². The minimum Gasteiger partial charge on any atom is -0.461 e. The Morgan fingerprint density at radius 1 is 1.35 bits per heavy atom. The molecule has 2 saturated heterocycles. The largest absolute Gasteiger partial charge is 0.461 e. The highest BCUT2D eigenvalue weighted by atomic mass is 16.5. The summed E-state index contributed by atoms with van der Waals surface area (Å²) in [6, 6.07) is 5.64. The van der Waals surface area contributed by atoms with E-state index in [1.807, 2.05) is 18.2 Å². The minimum absolute atomic E-state index is 0.00449. The first-order chi connectivity index (χ1) is 12.8. The predicted molar refractivity (Wildman–Crippen MR) is 96.2 cm³/mol. The van der Waals surface area contributed by atoms with E-state index in [0.717, 1.165) is 64.1 Å². The van der Waals surface area contributed by atoms with E-state index < -0.39 is 0 Å². The maximum Gasteiger partial charge on any atom is 0.237 e. The fourth-order valence-electron chi connectivity index (χ4n) is 3.89. The van der Waals surface area contributed by atoms with Crippen molar-refractivity contribution in [2.24, 2.45) is 5.92 Å². The molecule has 26 heavy (non-hydrogen) atoms. The summed E-state index contributed by atoms with van der Waals surface area (Å²) < 4.78 is 10.7. The van der Waals surface area contributed by atoms with Crippen LogP contribution in [0.4, 0.5) is 0 Å². The van der Waals surface area contributed by atoms with Crippen molar-refractivity contribution in [2.75, 3.05) is 26.2 Å². The highest BCUT2D eigenvalue weighted by Gasteiger charge is 2.25. The average molecular weight is 358 g/mol. The Labute approximate surface area is 153 Å². The van der Waals surface area contributed by atoms with Gasteiger partial charge < -0.3 is 19.6 Å². The third-order valence-electron chi connectivity index (χ3n) is 5.25. The van der Waals surface area contributed by atoms with Gasteiger partial charge in [-0.15, -0.1) is 0 Å². The van der Waals surface area contributed by atoms with Crippen LogP contribution in [0.5, 0.6) is 0 Å². The SMILES string of the molecule is O=C(NCC1CCCN(Cc2cc(-c3ccco3)on2)C1)C1CCCN1. The van der Waals surface area contributed by atoms with Gasteiger partial charge in [-0.3, -0.25) is 9.69 Å². The number of carbonyl (C=O) groups is 1. The standard InChI is InChI=1S/C19H26N4O3/c24-19(16-5-1-7-20-16)21-11-14-4-2-8-23(12-14)13-15-10-18(26-22-15)17-6-3-9-25-17/h3,6,9-10,14,16,20H,1-2,4-5,7-8,11-13H2,(H,21,24). The summed E-state index contributed by atoms with van der Waals surface area (Å²) in [5, 5.41) is 10.5. The van der Waals surface area contributed by atoms with E-state index in [1.165, 1.54) is 0 Å². The maximum atomic E-state index is 12.2. The van der Waals surface area contributed by atoms with Crippen molar-refractivity contribution in [1.82, 2.24) is 20.7 Å². The first-order valence-electron chi connectivity index (χ1n) is 9.51. The number of rotatable bonds is 6. The van der Waals surface area contributed by atoms with Crippen molar-refractivity contribution < 1.29 is 13.7 Å². The van der Waals surface area contributed by atoms with E-state index in [9.17, 15) is 4.79 Å². The minimum atomic E-state index is 0.00449. The summed E-state index contributed by atoms with van der Waals surface area (Å²) in [5.41, 5.74) is 0.913. The second kappa shape index (κ2) is 8.05. The lowest BCUT2D eigenvalue weighted by molar-refractivity contribution is -0.123. The highest BCUT2D eigenvalue weighted by Crippen LogP contribution is 2.23. The number of aromatic nitrogens is 1. The monoisotopic (exact) mass is 358 g/mol. The second-order valence-electron chi connectivity index (χ2n) is 7.30. The summed E-state index contributed by atoms with van der Waals surface area (Å²) in [4.78, 5) is 14.5. The van der Waals surface area contributed by atoms with Gasteiger partial charge in [0.05, 0.1) is 18.0 Å². The molecule has 2 N–H and O–H groups in total. The summed E-state index contributed by atoms with van der Waals surface area (Å²) in [5.74, 6) is 2.00. The summed E-state index contributed by atoms with van der Waals surface area (Å²) >= 11 is 0. The normalized spacial score (nSPS) is 24.0. The zero-order valence-corrected chi connectivity index (χ0v) is 14.9. The van der Waals surface area contributed by atoms with Gasteiger partial charge in [0.15, 0.2) is 5.76 Å². The first kappa shape index (κ1) is 17.3. The van der Waals surface area contributed by atoms with Gasteiger partial charge in [0.1, 0.15) is 0 Å². The van der Waals surface area contributed by atoms with Gasteiger partial charge in [-0.1, -0.05) is 5.16 Å². The number of carbonyl (C=O) groups excluding carboxylic acids is 1. The first-order valence-corrected chi connectivity index (χ1v) is 9.51. The van der Waals surface area contributed by atoms with Crippen molar-refractivity contribution in [3.63, 3.8) is 0 Å². The lowest BCUT2D eigenvalue weighted by Gasteiger charge is -2.32. The molecule has 1 amide bonds. The molecular weight excluding hydrogens is 332 g/mol. The second-order valence-corrected chi connectivity index (χ2v) is 7.30. The third-order valence-corrected chi connectivity index (χ3v) is 5.25. The number of amides is 1. The molecule has 2 aliphatic rings. The van der Waals surface area contributed by atoms with Crippen LogP contribution in [0.15, 0.2) is 33.4 Å². The Kier molecular flexibility index (Phi) is 5.36. The number of nitrogens with one attached hydrogen (secondary N) is 2. The van der Waals surface area contributed by atoms with Gasteiger partial charge in [-0.25, -0.2) is 0 Å². The van der Waals surface area contributed by atoms with Crippen LogP contribution in [0.1, 0.15) is 31.4 Å². The fraction of sp³-hybridized carbons (Fsp3) is 0.579. The third kappa shape index (κ3) is 4.16. The van der Waals surface area contributed by atoms with E-state index >= 15 is 0 Å². The smallest absolute Gasteiger partial charge is 0.237 e. The molecule has 7 nitrogen and oxygen atoms in total. The molecule has 0 aliphatic carbocycles. The number of nitrogens with zero attached hydrogens (tertiary/aromatic N) is 2. The van der Waals surface area contributed by atoms with Crippen LogP contribution in [0.25, 0.3) is 11.5 Å². The number of hydrogen-bond donors (Lipinski definition) is 2. The molecule has 140 valence electrons. The molecular formula is C19H26N4O3. The number of hydrogen-bond acceptors (Lipinski definition) is 6. The van der Waals surface area contributed by atoms with E-state index in [0.29, 0.717) is 17.4 Å². The molecule has 2 fully saturated rings. The lowest BCUT2D eigenvalue weighted by atomic mass is 9.97. The number of likely N-dealkylation sites (tertiary alicyclic amines) is 1. The summed E-state index contributed by atoms with van der Waals surface area (Å²) in [6.07, 6.45) is 5.97. The van der Waals surface area contributed by atoms with E-state index in [2.05, 4.69) is 20.7 Å². The topological polar surface area (TPSA) is 83.5 Å². The number of furan rings is 1. The molecule has 0 bridgehead atoms. The lowest BCUT2D eigenvalue weighted by Crippen LogP contribution is -2.45. The van der Waals surface area contributed by atoms with Gasteiger partial charge >= 0.3 is 0 Å². The van der Waals surface area contributed by atoms with Crippen LogP contribution in [-0.2, 0) is 11.3 Å². The molecule has 4 rings (SSSR count). The Morgan fingerprint density at radius 2 is 2.31 bits per heavy atom. The summed E-state index contributed by atoms with van der Waals surface area (Å²) in [6.45, 7) is 4.49. The van der Waals surface area contributed by atoms with Gasteiger partial charge in [-0.2, -0.15) is 0 Å². The Hall–Kier alpha value is -2.12. The van der Waals surface area contributed by atoms with Crippen LogP contribution in [0.3, 0.4) is 0 Å². The van der Waals surface area contributed by atoms with Crippen molar-refractivity contribution in [2.45, 2.75) is 38.3 Å². The van der Waals surface area contributed by atoms with E-state index in [4.69, 9.17) is 8.94 Å². The molecule has 7 heteroatoms. The predicted octanol–water partition coefficient (Wildman–Crippen LogP) is 2.01. The van der Waals surface area contributed by atoms with Crippen LogP contribution < -0.4 is 10.6 Å². The van der Waals surface area contributed by atoms with Crippen LogP contribution >= 0.6 is 0 Å². The molecule has 0 saturated carbocycles. The highest BCUT2D eigenvalue weighted by molar-refractivity contribution is 5.81. The van der Waals surface area contributed by atoms with Crippen molar-refractivity contribution in [3.8, 4) is 11.5 Å². The molecule has 0 radical (unpaired) electrons. The zero-order valence-electron chi connectivity index (χ0n) is 14.9. The molecule has 4 heterocycles. The van der Waals surface area contributed by atoms with Gasteiger partial charge in [0, 0.05) is 25.7 Å². The Morgan fingerprint density at radius 3 is 3.12 bits per heavy atom. The zero-order chi connectivity index (χ0) is 17.8. The van der Waals surface area contributed by atoms with Crippen molar-refractivity contribution in [1.29, 1.82) is 0 Å². The van der Waals surface area contributed by atoms with Gasteiger partial charge in [-0.05, 0) is 56.8 Å². The summed E-state index contributed by atoms with van der Waals surface area (Å²) in [7, 11) is 0. The molecule has 2 aromatic heterocycles. The molecule has 2 aliphatic heterocycles. The average Bonchev–Trinajstić information content (AvgIpc) is 3.41. The van der Waals surface area contributed by atoms with Crippen LogP contribution in [-0.4, -0.2) is 48.2 Å². The molecule has 2 atom stereocenters. The molecule has 0 aromatic carbocycles. The quantitative estimate of drug-likeness (QED) is 0.822. The molecule has 0 spiro atoms. The fourth-order valence-corrected chi connectivity index (χ4v) is 3.89. The molecule has 2 unspecified atom stereocenters. The van der Waals surface area contributed by atoms with E-state index in [-0.39, 0.29) is 11.9 Å².